The summed E-state index contributed by atoms with van der Waals surface area (Å²) in [4.78, 5) is 3.94. The van der Waals surface area contributed by atoms with Crippen molar-refractivity contribution in [2.45, 2.75) is 31.6 Å². The number of aromatic nitrogens is 3. The molecule has 21 heavy (non-hydrogen) atoms. The lowest BCUT2D eigenvalue weighted by Gasteiger charge is -2.43. The Morgan fingerprint density at radius 2 is 2.14 bits per heavy atom. The molecule has 3 rings (SSSR count). The second-order valence-electron chi connectivity index (χ2n) is 5.07. The largest absolute Gasteiger partial charge is 0.379 e. The molecule has 0 aliphatic heterocycles. The lowest BCUT2D eigenvalue weighted by molar-refractivity contribution is -0.118. The van der Waals surface area contributed by atoms with E-state index in [0.29, 0.717) is 6.04 Å². The fourth-order valence-corrected chi connectivity index (χ4v) is 2.68. The van der Waals surface area contributed by atoms with Crippen LogP contribution in [0, 0.1) is 0 Å². The van der Waals surface area contributed by atoms with Gasteiger partial charge in [0.2, 0.25) is 0 Å². The van der Waals surface area contributed by atoms with Gasteiger partial charge in [-0.25, -0.2) is 9.67 Å². The molecule has 1 aromatic carbocycles. The van der Waals surface area contributed by atoms with Gasteiger partial charge in [0, 0.05) is 19.4 Å². The average Bonchev–Trinajstić information content (AvgIpc) is 3.01. The number of anilines is 1. The first kappa shape index (κ1) is 14.0. The molecule has 1 saturated carbocycles. The van der Waals surface area contributed by atoms with Gasteiger partial charge in [-0.15, -0.1) is 0 Å². The highest BCUT2D eigenvalue weighted by Crippen LogP contribution is 2.30. The first-order valence-corrected chi connectivity index (χ1v) is 7.18. The molecule has 1 fully saturated rings. The summed E-state index contributed by atoms with van der Waals surface area (Å²) in [5.41, 5.74) is 2.06. The molecule has 0 bridgehead atoms. The maximum atomic E-state index is 5.63. The van der Waals surface area contributed by atoms with Crippen molar-refractivity contribution in [1.29, 1.82) is 0 Å². The molecular weight excluding hydrogens is 268 g/mol. The lowest BCUT2D eigenvalue weighted by atomic mass is 9.85. The highest BCUT2D eigenvalue weighted by molar-refractivity contribution is 5.49. The Hall–Kier alpha value is -1.92. The van der Waals surface area contributed by atoms with Crippen LogP contribution in [0.1, 0.15) is 13.3 Å². The Morgan fingerprint density at radius 3 is 2.76 bits per heavy atom. The highest BCUT2D eigenvalue weighted by atomic mass is 16.5. The first-order valence-electron chi connectivity index (χ1n) is 7.18. The maximum absolute atomic E-state index is 5.63. The van der Waals surface area contributed by atoms with E-state index in [9.17, 15) is 0 Å². The number of nitrogens with one attached hydrogen (secondary N) is 1. The number of benzene rings is 1. The zero-order valence-electron chi connectivity index (χ0n) is 12.3. The fraction of sp³-hybridized carbons (Fsp3) is 0.467. The second kappa shape index (κ2) is 6.24. The number of methoxy groups -OCH3 is 1. The Kier molecular flexibility index (Phi) is 4.17. The van der Waals surface area contributed by atoms with E-state index in [4.69, 9.17) is 9.47 Å². The standard InChI is InChI=1S/C15H20N4O2/c1-3-21-14-8-13(15(14)20-2)18-11-4-6-12(7-5-11)19-10-16-9-17-19/h4-7,9-10,13-15,18H,3,8H2,1-2H3. The van der Waals surface area contributed by atoms with Gasteiger partial charge in [0.05, 0.1) is 17.8 Å². The van der Waals surface area contributed by atoms with E-state index in [0.717, 1.165) is 24.4 Å². The van der Waals surface area contributed by atoms with Crippen molar-refractivity contribution in [3.05, 3.63) is 36.9 Å². The van der Waals surface area contributed by atoms with Crippen molar-refractivity contribution < 1.29 is 9.47 Å². The van der Waals surface area contributed by atoms with Gasteiger partial charge in [-0.05, 0) is 37.6 Å². The van der Waals surface area contributed by atoms with Crippen LogP contribution in [0.25, 0.3) is 5.69 Å². The number of hydrogen-bond donors (Lipinski definition) is 1. The molecule has 3 atom stereocenters. The minimum absolute atomic E-state index is 0.111. The van der Waals surface area contributed by atoms with Gasteiger partial charge >= 0.3 is 0 Å². The fourth-order valence-electron chi connectivity index (χ4n) is 2.68. The lowest BCUT2D eigenvalue weighted by Crippen LogP contribution is -2.56. The van der Waals surface area contributed by atoms with Gasteiger partial charge in [0.25, 0.3) is 0 Å². The zero-order chi connectivity index (χ0) is 14.7. The van der Waals surface area contributed by atoms with Gasteiger partial charge in [0.15, 0.2) is 0 Å². The van der Waals surface area contributed by atoms with E-state index in [1.54, 1.807) is 18.1 Å². The second-order valence-corrected chi connectivity index (χ2v) is 5.07. The number of rotatable bonds is 6. The molecule has 6 heteroatoms. The molecule has 112 valence electrons. The molecule has 1 aliphatic carbocycles. The van der Waals surface area contributed by atoms with Gasteiger partial charge < -0.3 is 14.8 Å². The number of hydrogen-bond acceptors (Lipinski definition) is 5. The van der Waals surface area contributed by atoms with E-state index >= 15 is 0 Å². The highest BCUT2D eigenvalue weighted by Gasteiger charge is 2.42. The van der Waals surface area contributed by atoms with Crippen molar-refractivity contribution in [3.63, 3.8) is 0 Å². The summed E-state index contributed by atoms with van der Waals surface area (Å²) in [6.07, 6.45) is 4.49. The third-order valence-electron chi connectivity index (χ3n) is 3.80. The van der Waals surface area contributed by atoms with Crippen LogP contribution in [-0.2, 0) is 9.47 Å². The topological polar surface area (TPSA) is 61.2 Å². The van der Waals surface area contributed by atoms with Crippen LogP contribution >= 0.6 is 0 Å². The molecule has 3 unspecified atom stereocenters. The molecule has 1 N–H and O–H groups in total. The van der Waals surface area contributed by atoms with Crippen LogP contribution in [0.2, 0.25) is 0 Å². The summed E-state index contributed by atoms with van der Waals surface area (Å²) in [5.74, 6) is 0. The maximum Gasteiger partial charge on any atom is 0.138 e. The van der Waals surface area contributed by atoms with Crippen molar-refractivity contribution in [2.75, 3.05) is 19.0 Å². The summed E-state index contributed by atoms with van der Waals surface area (Å²) < 4.78 is 12.9. The quantitative estimate of drug-likeness (QED) is 0.879. The summed E-state index contributed by atoms with van der Waals surface area (Å²) >= 11 is 0. The van der Waals surface area contributed by atoms with Gasteiger partial charge in [-0.1, -0.05) is 0 Å². The summed E-state index contributed by atoms with van der Waals surface area (Å²) in [7, 11) is 1.73. The van der Waals surface area contributed by atoms with Crippen molar-refractivity contribution >= 4 is 5.69 Å². The minimum atomic E-state index is 0.111. The molecule has 0 radical (unpaired) electrons. The number of ether oxygens (including phenoxy) is 2. The molecule has 2 aromatic rings. The van der Waals surface area contributed by atoms with Crippen LogP contribution < -0.4 is 5.32 Å². The van der Waals surface area contributed by atoms with Crippen LogP contribution in [0.4, 0.5) is 5.69 Å². The molecule has 1 heterocycles. The predicted octanol–water partition coefficient (Wildman–Crippen LogP) is 1.87. The van der Waals surface area contributed by atoms with Crippen LogP contribution in [0.15, 0.2) is 36.9 Å². The van der Waals surface area contributed by atoms with Gasteiger partial charge in [-0.2, -0.15) is 5.10 Å². The zero-order valence-corrected chi connectivity index (χ0v) is 12.3. The molecular formula is C15H20N4O2. The average molecular weight is 288 g/mol. The third kappa shape index (κ3) is 2.91. The smallest absolute Gasteiger partial charge is 0.138 e. The third-order valence-corrected chi connectivity index (χ3v) is 3.80. The van der Waals surface area contributed by atoms with E-state index < -0.39 is 0 Å². The molecule has 1 aromatic heterocycles. The molecule has 0 amide bonds. The van der Waals surface area contributed by atoms with Crippen LogP contribution in [0.5, 0.6) is 0 Å². The number of nitrogens with zero attached hydrogens (tertiary/aromatic N) is 3. The van der Waals surface area contributed by atoms with Gasteiger partial charge in [-0.3, -0.25) is 0 Å². The Bertz CT molecular complexity index is 556. The van der Waals surface area contributed by atoms with Crippen molar-refractivity contribution in [3.8, 4) is 5.69 Å². The SMILES string of the molecule is CCOC1CC(Nc2ccc(-n3cncn3)cc2)C1OC. The summed E-state index contributed by atoms with van der Waals surface area (Å²) in [6, 6.07) is 8.40. The van der Waals surface area contributed by atoms with Crippen molar-refractivity contribution in [2.24, 2.45) is 0 Å². The Balaban J connectivity index is 1.61. The van der Waals surface area contributed by atoms with Gasteiger partial charge in [0.1, 0.15) is 18.8 Å². The molecule has 0 spiro atoms. The summed E-state index contributed by atoms with van der Waals surface area (Å²) in [6.45, 7) is 2.74. The Morgan fingerprint density at radius 1 is 1.33 bits per heavy atom. The predicted molar refractivity (Wildman–Crippen MR) is 79.6 cm³/mol. The molecule has 0 saturated heterocycles. The van der Waals surface area contributed by atoms with Crippen LogP contribution in [-0.4, -0.2) is 46.7 Å². The molecule has 6 nitrogen and oxygen atoms in total. The first-order chi connectivity index (χ1) is 10.3. The van der Waals surface area contributed by atoms with Crippen LogP contribution in [0.3, 0.4) is 0 Å². The van der Waals surface area contributed by atoms with E-state index in [2.05, 4.69) is 15.4 Å². The van der Waals surface area contributed by atoms with E-state index in [-0.39, 0.29) is 12.2 Å². The molecule has 1 aliphatic rings. The van der Waals surface area contributed by atoms with E-state index in [1.165, 1.54) is 6.33 Å². The monoisotopic (exact) mass is 288 g/mol. The summed E-state index contributed by atoms with van der Waals surface area (Å²) in [5, 5.41) is 7.60. The Labute approximate surface area is 124 Å². The van der Waals surface area contributed by atoms with E-state index in [1.807, 2.05) is 31.2 Å². The minimum Gasteiger partial charge on any atom is -0.379 e. The normalized spacial score (nSPS) is 24.6. The van der Waals surface area contributed by atoms with Crippen molar-refractivity contribution in [1.82, 2.24) is 14.8 Å².